The van der Waals surface area contributed by atoms with Crippen LogP contribution in [0.15, 0.2) is 23.1 Å². The third-order valence-electron chi connectivity index (χ3n) is 2.99. The number of halogens is 1. The zero-order valence-electron chi connectivity index (χ0n) is 12.0. The number of nitrogens with zero attached hydrogens (tertiary/aromatic N) is 1. The molecule has 21 heavy (non-hydrogen) atoms. The average molecular weight is 427 g/mol. The molecule has 0 saturated heterocycles. The van der Waals surface area contributed by atoms with Crippen molar-refractivity contribution in [2.45, 2.75) is 24.8 Å². The molecule has 0 radical (unpaired) electrons. The monoisotopic (exact) mass is 427 g/mol. The lowest BCUT2D eigenvalue weighted by atomic mass is 10.2. The van der Waals surface area contributed by atoms with E-state index < -0.39 is 16.0 Å². The molecule has 118 valence electrons. The summed E-state index contributed by atoms with van der Waals surface area (Å²) in [6, 6.07) is 3.77. The molecule has 0 bridgehead atoms. The zero-order valence-corrected chi connectivity index (χ0v) is 15.0. The molecule has 0 aliphatic rings. The molecule has 6 nitrogen and oxygen atoms in total. The van der Waals surface area contributed by atoms with Crippen molar-refractivity contribution >= 4 is 38.6 Å². The largest absolute Gasteiger partial charge is 0.478 e. The molecule has 0 amide bonds. The minimum absolute atomic E-state index is 0.0212. The third-order valence-corrected chi connectivity index (χ3v) is 6.01. The molecule has 1 aromatic carbocycles. The Kier molecular flexibility index (Phi) is 6.57. The second-order valence-corrected chi connectivity index (χ2v) is 7.51. The fraction of sp³-hybridized carbons (Fsp3) is 0.462. The molecule has 1 atom stereocenters. The Labute approximate surface area is 138 Å². The highest BCUT2D eigenvalue weighted by Crippen LogP contribution is 2.22. The molecule has 0 aliphatic heterocycles. The summed E-state index contributed by atoms with van der Waals surface area (Å²) in [7, 11) is -2.25. The van der Waals surface area contributed by atoms with Crippen molar-refractivity contribution in [1.82, 2.24) is 4.31 Å². The van der Waals surface area contributed by atoms with Crippen LogP contribution in [0.25, 0.3) is 0 Å². The first-order valence-corrected chi connectivity index (χ1v) is 8.81. The maximum atomic E-state index is 12.6. The SMILES string of the molecule is CCN(C(C)COC)S(=O)(=O)c1ccc(I)c(C(=O)O)c1. The van der Waals surface area contributed by atoms with Gasteiger partial charge in [0.15, 0.2) is 0 Å². The van der Waals surface area contributed by atoms with Gasteiger partial charge in [-0.3, -0.25) is 0 Å². The van der Waals surface area contributed by atoms with Crippen molar-refractivity contribution in [3.63, 3.8) is 0 Å². The van der Waals surface area contributed by atoms with E-state index in [-0.39, 0.29) is 29.7 Å². The molecule has 0 heterocycles. The van der Waals surface area contributed by atoms with Gasteiger partial charge in [0.2, 0.25) is 10.0 Å². The fourth-order valence-electron chi connectivity index (χ4n) is 2.01. The molecule has 1 N–H and O–H groups in total. The summed E-state index contributed by atoms with van der Waals surface area (Å²) in [5, 5.41) is 9.11. The summed E-state index contributed by atoms with van der Waals surface area (Å²) in [6.07, 6.45) is 0. The molecule has 1 aromatic rings. The van der Waals surface area contributed by atoms with Gasteiger partial charge >= 0.3 is 5.97 Å². The Hall–Kier alpha value is -0.710. The highest BCUT2D eigenvalue weighted by Gasteiger charge is 2.28. The van der Waals surface area contributed by atoms with Crippen molar-refractivity contribution in [1.29, 1.82) is 0 Å². The maximum Gasteiger partial charge on any atom is 0.336 e. The van der Waals surface area contributed by atoms with Crippen molar-refractivity contribution < 1.29 is 23.1 Å². The highest BCUT2D eigenvalue weighted by molar-refractivity contribution is 14.1. The lowest BCUT2D eigenvalue weighted by Gasteiger charge is -2.26. The van der Waals surface area contributed by atoms with Crippen LogP contribution >= 0.6 is 22.6 Å². The lowest BCUT2D eigenvalue weighted by Crippen LogP contribution is -2.40. The molecular formula is C13H18INO5S. The van der Waals surface area contributed by atoms with Crippen LogP contribution < -0.4 is 0 Å². The van der Waals surface area contributed by atoms with Crippen LogP contribution in [0.3, 0.4) is 0 Å². The zero-order chi connectivity index (χ0) is 16.2. The van der Waals surface area contributed by atoms with Crippen molar-refractivity contribution in [2.24, 2.45) is 0 Å². The number of methoxy groups -OCH3 is 1. The van der Waals surface area contributed by atoms with Gasteiger partial charge in [-0.25, -0.2) is 13.2 Å². The van der Waals surface area contributed by atoms with E-state index in [1.807, 2.05) is 22.6 Å². The molecule has 0 aromatic heterocycles. The minimum Gasteiger partial charge on any atom is -0.478 e. The number of benzene rings is 1. The summed E-state index contributed by atoms with van der Waals surface area (Å²) in [4.78, 5) is 11.1. The number of sulfonamides is 1. The van der Waals surface area contributed by atoms with Gasteiger partial charge in [-0.05, 0) is 47.7 Å². The van der Waals surface area contributed by atoms with Crippen molar-refractivity contribution in [2.75, 3.05) is 20.3 Å². The second-order valence-electron chi connectivity index (χ2n) is 4.46. The Bertz CT molecular complexity index is 617. The van der Waals surface area contributed by atoms with Crippen LogP contribution in [-0.4, -0.2) is 50.1 Å². The summed E-state index contributed by atoms with van der Waals surface area (Å²) in [6.45, 7) is 4.02. The van der Waals surface area contributed by atoms with Gasteiger partial charge in [-0.1, -0.05) is 6.92 Å². The molecule has 0 fully saturated rings. The normalized spacial score (nSPS) is 13.4. The van der Waals surface area contributed by atoms with Crippen molar-refractivity contribution in [3.05, 3.63) is 27.3 Å². The molecule has 0 spiro atoms. The predicted octanol–water partition coefficient (Wildman–Crippen LogP) is 2.03. The number of carbonyl (C=O) groups is 1. The molecule has 8 heteroatoms. The highest BCUT2D eigenvalue weighted by atomic mass is 127. The first kappa shape index (κ1) is 18.3. The summed E-state index contributed by atoms with van der Waals surface area (Å²) in [5.74, 6) is -1.15. The van der Waals surface area contributed by atoms with Gasteiger partial charge in [-0.15, -0.1) is 0 Å². The third kappa shape index (κ3) is 4.15. The smallest absolute Gasteiger partial charge is 0.336 e. The van der Waals surface area contributed by atoms with Crippen LogP contribution in [0.2, 0.25) is 0 Å². The van der Waals surface area contributed by atoms with Gasteiger partial charge in [0.05, 0.1) is 17.1 Å². The molecule has 0 saturated carbocycles. The van der Waals surface area contributed by atoms with E-state index in [1.54, 1.807) is 13.8 Å². The predicted molar refractivity (Wildman–Crippen MR) is 87.0 cm³/mol. The van der Waals surface area contributed by atoms with E-state index in [0.717, 1.165) is 0 Å². The van der Waals surface area contributed by atoms with Gasteiger partial charge < -0.3 is 9.84 Å². The van der Waals surface area contributed by atoms with E-state index >= 15 is 0 Å². The first-order valence-electron chi connectivity index (χ1n) is 6.29. The topological polar surface area (TPSA) is 83.9 Å². The number of likely N-dealkylation sites (N-methyl/N-ethyl adjacent to an activating group) is 1. The van der Waals surface area contributed by atoms with E-state index in [2.05, 4.69) is 0 Å². The average Bonchev–Trinajstić information content (AvgIpc) is 2.39. The van der Waals surface area contributed by atoms with Gasteiger partial charge in [-0.2, -0.15) is 4.31 Å². The quantitative estimate of drug-likeness (QED) is 0.674. The van der Waals surface area contributed by atoms with E-state index in [1.165, 1.54) is 29.6 Å². The van der Waals surface area contributed by atoms with Crippen LogP contribution in [0.4, 0.5) is 0 Å². The number of carboxylic acid groups (broad SMARTS) is 1. The van der Waals surface area contributed by atoms with Crippen LogP contribution in [-0.2, 0) is 14.8 Å². The molecule has 0 aliphatic carbocycles. The lowest BCUT2D eigenvalue weighted by molar-refractivity contribution is 0.0695. The van der Waals surface area contributed by atoms with Gasteiger partial charge in [0.1, 0.15) is 0 Å². The Morgan fingerprint density at radius 3 is 2.57 bits per heavy atom. The number of aromatic carboxylic acids is 1. The summed E-state index contributed by atoms with van der Waals surface area (Å²) < 4.78 is 32.1. The van der Waals surface area contributed by atoms with E-state index in [9.17, 15) is 13.2 Å². The number of hydrogen-bond donors (Lipinski definition) is 1. The Balaban J connectivity index is 3.29. The van der Waals surface area contributed by atoms with Crippen LogP contribution in [0.1, 0.15) is 24.2 Å². The first-order chi connectivity index (χ1) is 9.75. The van der Waals surface area contributed by atoms with Gasteiger partial charge in [0, 0.05) is 23.3 Å². The number of rotatable bonds is 7. The molecule has 1 rings (SSSR count). The maximum absolute atomic E-state index is 12.6. The number of carboxylic acids is 1. The van der Waals surface area contributed by atoms with Crippen LogP contribution in [0, 0.1) is 3.57 Å². The second kappa shape index (κ2) is 7.52. The van der Waals surface area contributed by atoms with Gasteiger partial charge in [0.25, 0.3) is 0 Å². The molecular weight excluding hydrogens is 409 g/mol. The van der Waals surface area contributed by atoms with Crippen molar-refractivity contribution in [3.8, 4) is 0 Å². The Morgan fingerprint density at radius 1 is 1.48 bits per heavy atom. The van der Waals surface area contributed by atoms with E-state index in [0.29, 0.717) is 3.57 Å². The number of hydrogen-bond acceptors (Lipinski definition) is 4. The standard InChI is InChI=1S/C13H18INO5S/c1-4-15(9(2)8-20-3)21(18,19)10-5-6-12(14)11(7-10)13(16)17/h5-7,9H,4,8H2,1-3H3,(H,16,17). The molecule has 1 unspecified atom stereocenters. The number of ether oxygens (including phenoxy) is 1. The minimum atomic E-state index is -3.76. The van der Waals surface area contributed by atoms with E-state index in [4.69, 9.17) is 9.84 Å². The fourth-order valence-corrected chi connectivity index (χ4v) is 4.23. The van der Waals surface area contributed by atoms with Crippen LogP contribution in [0.5, 0.6) is 0 Å². The summed E-state index contributed by atoms with van der Waals surface area (Å²) >= 11 is 1.86. The summed E-state index contributed by atoms with van der Waals surface area (Å²) in [5.41, 5.74) is -0.0212. The Morgan fingerprint density at radius 2 is 2.10 bits per heavy atom.